The fourth-order valence-corrected chi connectivity index (χ4v) is 2.79. The molecule has 0 aliphatic carbocycles. The molecule has 0 saturated heterocycles. The van der Waals surface area contributed by atoms with Gasteiger partial charge in [-0.25, -0.2) is 0 Å². The first-order chi connectivity index (χ1) is 14.1. The lowest BCUT2D eigenvalue weighted by Crippen LogP contribution is -2.11. The van der Waals surface area contributed by atoms with Gasteiger partial charge in [0.25, 0.3) is 0 Å². The SMILES string of the molecule is C=C(NC)c1cc(Oc2ccc(OC)c(C(=C)NCc3ccccc3)c2)ccn1. The van der Waals surface area contributed by atoms with Crippen LogP contribution in [0, 0.1) is 0 Å². The van der Waals surface area contributed by atoms with Crippen LogP contribution in [0.25, 0.3) is 11.4 Å². The van der Waals surface area contributed by atoms with E-state index in [1.54, 1.807) is 26.4 Å². The summed E-state index contributed by atoms with van der Waals surface area (Å²) in [4.78, 5) is 4.29. The molecule has 0 aliphatic heterocycles. The number of nitrogens with one attached hydrogen (secondary N) is 2. The number of nitrogens with zero attached hydrogens (tertiary/aromatic N) is 1. The van der Waals surface area contributed by atoms with Gasteiger partial charge in [-0.2, -0.15) is 0 Å². The number of benzene rings is 2. The van der Waals surface area contributed by atoms with Gasteiger partial charge in [0.2, 0.25) is 0 Å². The fraction of sp³-hybridized carbons (Fsp3) is 0.125. The molecule has 1 aromatic heterocycles. The minimum absolute atomic E-state index is 0.672. The van der Waals surface area contributed by atoms with E-state index in [-0.39, 0.29) is 0 Å². The van der Waals surface area contributed by atoms with Crippen molar-refractivity contribution in [2.75, 3.05) is 14.2 Å². The molecule has 0 radical (unpaired) electrons. The van der Waals surface area contributed by atoms with E-state index >= 15 is 0 Å². The molecule has 0 amide bonds. The van der Waals surface area contributed by atoms with Gasteiger partial charge in [0, 0.05) is 37.1 Å². The number of ether oxygens (including phenoxy) is 2. The van der Waals surface area contributed by atoms with Gasteiger partial charge >= 0.3 is 0 Å². The van der Waals surface area contributed by atoms with Crippen LogP contribution in [0.3, 0.4) is 0 Å². The van der Waals surface area contributed by atoms with E-state index in [1.807, 2.05) is 42.5 Å². The molecule has 29 heavy (non-hydrogen) atoms. The van der Waals surface area contributed by atoms with Crippen LogP contribution in [0.4, 0.5) is 0 Å². The Bertz CT molecular complexity index is 1000. The van der Waals surface area contributed by atoms with Crippen molar-refractivity contribution in [3.63, 3.8) is 0 Å². The summed E-state index contributed by atoms with van der Waals surface area (Å²) in [6.07, 6.45) is 1.69. The van der Waals surface area contributed by atoms with Crippen LogP contribution in [-0.2, 0) is 6.54 Å². The van der Waals surface area contributed by atoms with E-state index in [2.05, 4.69) is 40.9 Å². The van der Waals surface area contributed by atoms with Crippen LogP contribution in [0.1, 0.15) is 16.8 Å². The van der Waals surface area contributed by atoms with E-state index in [1.165, 1.54) is 5.56 Å². The molecule has 148 valence electrons. The summed E-state index contributed by atoms with van der Waals surface area (Å²) >= 11 is 0. The lowest BCUT2D eigenvalue weighted by atomic mass is 10.1. The van der Waals surface area contributed by atoms with Crippen LogP contribution in [-0.4, -0.2) is 19.1 Å². The molecular formula is C24H25N3O2. The highest BCUT2D eigenvalue weighted by atomic mass is 16.5. The highest BCUT2D eigenvalue weighted by molar-refractivity contribution is 5.69. The molecule has 1 heterocycles. The van der Waals surface area contributed by atoms with Gasteiger partial charge in [-0.1, -0.05) is 43.5 Å². The summed E-state index contributed by atoms with van der Waals surface area (Å²) < 4.78 is 11.5. The van der Waals surface area contributed by atoms with Crippen molar-refractivity contribution < 1.29 is 9.47 Å². The van der Waals surface area contributed by atoms with Crippen LogP contribution in [0.15, 0.2) is 80.0 Å². The molecular weight excluding hydrogens is 362 g/mol. The van der Waals surface area contributed by atoms with Gasteiger partial charge in [0.05, 0.1) is 18.5 Å². The highest BCUT2D eigenvalue weighted by Gasteiger charge is 2.10. The van der Waals surface area contributed by atoms with Gasteiger partial charge < -0.3 is 20.1 Å². The van der Waals surface area contributed by atoms with Crippen molar-refractivity contribution >= 4 is 11.4 Å². The Kier molecular flexibility index (Phi) is 6.53. The normalized spacial score (nSPS) is 10.1. The lowest BCUT2D eigenvalue weighted by molar-refractivity contribution is 0.411. The van der Waals surface area contributed by atoms with Gasteiger partial charge in [0.15, 0.2) is 0 Å². The summed E-state index contributed by atoms with van der Waals surface area (Å²) in [7, 11) is 3.45. The Balaban J connectivity index is 1.78. The summed E-state index contributed by atoms with van der Waals surface area (Å²) in [6.45, 7) is 8.77. The Morgan fingerprint density at radius 2 is 1.72 bits per heavy atom. The minimum Gasteiger partial charge on any atom is -0.496 e. The monoisotopic (exact) mass is 387 g/mol. The molecule has 0 aliphatic rings. The van der Waals surface area contributed by atoms with Crippen LogP contribution in [0.2, 0.25) is 0 Å². The predicted octanol–water partition coefficient (Wildman–Crippen LogP) is 4.83. The number of methoxy groups -OCH3 is 1. The molecule has 3 aromatic rings. The van der Waals surface area contributed by atoms with Crippen molar-refractivity contribution in [3.8, 4) is 17.2 Å². The van der Waals surface area contributed by atoms with E-state index in [0.29, 0.717) is 18.0 Å². The average molecular weight is 387 g/mol. The number of pyridine rings is 1. The van der Waals surface area contributed by atoms with Crippen molar-refractivity contribution in [1.29, 1.82) is 0 Å². The molecule has 2 N–H and O–H groups in total. The highest BCUT2D eigenvalue weighted by Crippen LogP contribution is 2.31. The topological polar surface area (TPSA) is 55.4 Å². The lowest BCUT2D eigenvalue weighted by Gasteiger charge is -2.15. The van der Waals surface area contributed by atoms with Crippen molar-refractivity contribution in [2.45, 2.75) is 6.54 Å². The molecule has 5 nitrogen and oxygen atoms in total. The van der Waals surface area contributed by atoms with E-state index in [0.717, 1.165) is 28.4 Å². The smallest absolute Gasteiger partial charge is 0.131 e. The molecule has 0 unspecified atom stereocenters. The third-order valence-electron chi connectivity index (χ3n) is 4.42. The zero-order valence-electron chi connectivity index (χ0n) is 16.7. The number of hydrogen-bond donors (Lipinski definition) is 2. The second kappa shape index (κ2) is 9.46. The third-order valence-corrected chi connectivity index (χ3v) is 4.42. The van der Waals surface area contributed by atoms with Crippen molar-refractivity contribution in [2.24, 2.45) is 0 Å². The fourth-order valence-electron chi connectivity index (χ4n) is 2.79. The first kappa shape index (κ1) is 20.0. The van der Waals surface area contributed by atoms with Crippen molar-refractivity contribution in [3.05, 3.63) is 96.8 Å². The largest absolute Gasteiger partial charge is 0.496 e. The second-order valence-corrected chi connectivity index (χ2v) is 6.39. The summed E-state index contributed by atoms with van der Waals surface area (Å²) in [6, 6.07) is 19.4. The van der Waals surface area contributed by atoms with Gasteiger partial charge in [0.1, 0.15) is 17.2 Å². The average Bonchev–Trinajstić information content (AvgIpc) is 2.77. The molecule has 0 saturated carbocycles. The number of hydrogen-bond acceptors (Lipinski definition) is 5. The van der Waals surface area contributed by atoms with E-state index in [9.17, 15) is 0 Å². The molecule has 0 bridgehead atoms. The Labute approximate surface area is 171 Å². The standard InChI is InChI=1S/C24H25N3O2/c1-17(27-16-19-8-6-5-7-9-19)22-14-20(10-11-24(22)28-4)29-21-12-13-26-23(15-21)18(2)25-3/h5-15,25,27H,1-2,16H2,3-4H3. The molecule has 3 rings (SSSR count). The molecule has 0 atom stereocenters. The Hall–Kier alpha value is -3.73. The first-order valence-corrected chi connectivity index (χ1v) is 9.26. The maximum absolute atomic E-state index is 6.03. The van der Waals surface area contributed by atoms with Crippen LogP contribution in [0.5, 0.6) is 17.2 Å². The maximum atomic E-state index is 6.03. The summed E-state index contributed by atoms with van der Waals surface area (Å²) in [5.41, 5.74) is 4.23. The molecule has 5 heteroatoms. The summed E-state index contributed by atoms with van der Waals surface area (Å²) in [5.74, 6) is 2.07. The van der Waals surface area contributed by atoms with Gasteiger partial charge in [-0.3, -0.25) is 4.98 Å². The van der Waals surface area contributed by atoms with E-state index in [4.69, 9.17) is 9.47 Å². The van der Waals surface area contributed by atoms with E-state index < -0.39 is 0 Å². The number of rotatable bonds is 9. The predicted molar refractivity (Wildman–Crippen MR) is 118 cm³/mol. The zero-order chi connectivity index (χ0) is 20.6. The Morgan fingerprint density at radius 3 is 2.45 bits per heavy atom. The molecule has 2 aromatic carbocycles. The molecule has 0 spiro atoms. The number of aromatic nitrogens is 1. The van der Waals surface area contributed by atoms with Crippen LogP contribution >= 0.6 is 0 Å². The van der Waals surface area contributed by atoms with Crippen molar-refractivity contribution in [1.82, 2.24) is 15.6 Å². The molecule has 0 fully saturated rings. The van der Waals surface area contributed by atoms with Crippen LogP contribution < -0.4 is 20.1 Å². The first-order valence-electron chi connectivity index (χ1n) is 9.26. The maximum Gasteiger partial charge on any atom is 0.131 e. The zero-order valence-corrected chi connectivity index (χ0v) is 16.7. The summed E-state index contributed by atoms with van der Waals surface area (Å²) in [5, 5.41) is 6.34. The van der Waals surface area contributed by atoms with Gasteiger partial charge in [-0.05, 0) is 29.8 Å². The quantitative estimate of drug-likeness (QED) is 0.551. The van der Waals surface area contributed by atoms with Gasteiger partial charge in [-0.15, -0.1) is 0 Å². The third kappa shape index (κ3) is 5.17. The second-order valence-electron chi connectivity index (χ2n) is 6.39. The minimum atomic E-state index is 0.672. The Morgan fingerprint density at radius 1 is 0.966 bits per heavy atom.